The highest BCUT2D eigenvalue weighted by atomic mass is 32.1. The molecule has 1 aliphatic rings. The zero-order valence-electron chi connectivity index (χ0n) is 13.0. The lowest BCUT2D eigenvalue weighted by Crippen LogP contribution is -2.26. The van der Waals surface area contributed by atoms with E-state index < -0.39 is 0 Å². The Morgan fingerprint density at radius 2 is 1.67 bits per heavy atom. The summed E-state index contributed by atoms with van der Waals surface area (Å²) in [6, 6.07) is 0. The lowest BCUT2D eigenvalue weighted by atomic mass is 9.75. The number of rotatable bonds is 7. The largest absolute Gasteiger partial charge is 0.176 e. The molecule has 0 saturated heterocycles. The Labute approximate surface area is 121 Å². The molecule has 3 unspecified atom stereocenters. The molecule has 0 nitrogen and oxygen atoms in total. The maximum Gasteiger partial charge on any atom is 0.00451 e. The van der Waals surface area contributed by atoms with Crippen molar-refractivity contribution in [2.45, 2.75) is 84.3 Å². The molecule has 0 amide bonds. The molecule has 1 saturated carbocycles. The van der Waals surface area contributed by atoms with Gasteiger partial charge in [0.15, 0.2) is 0 Å². The summed E-state index contributed by atoms with van der Waals surface area (Å²) in [6.45, 7) is 9.49. The molecular formula is C17H34S. The molecule has 0 aromatic heterocycles. The van der Waals surface area contributed by atoms with Crippen LogP contribution >= 0.6 is 12.6 Å². The van der Waals surface area contributed by atoms with Crippen molar-refractivity contribution in [1.29, 1.82) is 0 Å². The van der Waals surface area contributed by atoms with Gasteiger partial charge in [-0.1, -0.05) is 59.8 Å². The summed E-state index contributed by atoms with van der Waals surface area (Å²) in [7, 11) is 0. The predicted molar refractivity (Wildman–Crippen MR) is 86.4 cm³/mol. The quantitative estimate of drug-likeness (QED) is 0.542. The summed E-state index contributed by atoms with van der Waals surface area (Å²) in [5.74, 6) is 3.50. The van der Waals surface area contributed by atoms with Crippen LogP contribution in [0.4, 0.5) is 0 Å². The Hall–Kier alpha value is 0.350. The van der Waals surface area contributed by atoms with Gasteiger partial charge in [0.05, 0.1) is 0 Å². The Morgan fingerprint density at radius 1 is 1.06 bits per heavy atom. The van der Waals surface area contributed by atoms with Gasteiger partial charge in [-0.3, -0.25) is 0 Å². The third kappa shape index (κ3) is 5.55. The molecule has 0 N–H and O–H groups in total. The smallest absolute Gasteiger partial charge is 0.00451 e. The van der Waals surface area contributed by atoms with Crippen molar-refractivity contribution in [3.8, 4) is 0 Å². The second-order valence-corrected chi connectivity index (χ2v) is 7.65. The van der Waals surface area contributed by atoms with Gasteiger partial charge in [0.25, 0.3) is 0 Å². The zero-order chi connectivity index (χ0) is 13.5. The highest BCUT2D eigenvalue weighted by molar-refractivity contribution is 7.81. The summed E-state index contributed by atoms with van der Waals surface area (Å²) >= 11 is 4.86. The van der Waals surface area contributed by atoms with Crippen molar-refractivity contribution in [1.82, 2.24) is 0 Å². The van der Waals surface area contributed by atoms with Crippen LogP contribution in [0.15, 0.2) is 0 Å². The molecule has 0 heterocycles. The van der Waals surface area contributed by atoms with Crippen LogP contribution < -0.4 is 0 Å². The third-order valence-corrected chi connectivity index (χ3v) is 5.56. The molecule has 0 bridgehead atoms. The molecular weight excluding hydrogens is 236 g/mol. The molecule has 1 rings (SSSR count). The van der Waals surface area contributed by atoms with Crippen LogP contribution in [-0.2, 0) is 0 Å². The molecule has 0 radical (unpaired) electrons. The van der Waals surface area contributed by atoms with Gasteiger partial charge in [-0.15, -0.1) is 0 Å². The second-order valence-electron chi connectivity index (χ2n) is 6.99. The maximum absolute atomic E-state index is 4.86. The van der Waals surface area contributed by atoms with E-state index in [9.17, 15) is 0 Å². The topological polar surface area (TPSA) is 0 Å². The van der Waals surface area contributed by atoms with Crippen molar-refractivity contribution >= 4 is 12.6 Å². The SMILES string of the molecule is CCC(S)C(CC(C)C)C(C)CC1CCCCC1. The number of hydrogen-bond donors (Lipinski definition) is 1. The van der Waals surface area contributed by atoms with Crippen molar-refractivity contribution < 1.29 is 0 Å². The van der Waals surface area contributed by atoms with Crippen LogP contribution in [0.2, 0.25) is 0 Å². The van der Waals surface area contributed by atoms with Gasteiger partial charge in [0.1, 0.15) is 0 Å². The lowest BCUT2D eigenvalue weighted by Gasteiger charge is -2.33. The first-order chi connectivity index (χ1) is 8.54. The summed E-state index contributed by atoms with van der Waals surface area (Å²) in [6.07, 6.45) is 11.4. The van der Waals surface area contributed by atoms with E-state index >= 15 is 0 Å². The van der Waals surface area contributed by atoms with Gasteiger partial charge in [-0.2, -0.15) is 12.6 Å². The number of hydrogen-bond acceptors (Lipinski definition) is 1. The van der Waals surface area contributed by atoms with Crippen LogP contribution in [0.3, 0.4) is 0 Å². The van der Waals surface area contributed by atoms with Gasteiger partial charge < -0.3 is 0 Å². The van der Waals surface area contributed by atoms with Gasteiger partial charge in [-0.05, 0) is 42.9 Å². The van der Waals surface area contributed by atoms with E-state index in [0.29, 0.717) is 5.25 Å². The highest BCUT2D eigenvalue weighted by Gasteiger charge is 2.26. The normalized spacial score (nSPS) is 23.0. The van der Waals surface area contributed by atoms with Crippen LogP contribution in [0.25, 0.3) is 0 Å². The van der Waals surface area contributed by atoms with Crippen LogP contribution in [0.5, 0.6) is 0 Å². The van der Waals surface area contributed by atoms with E-state index in [-0.39, 0.29) is 0 Å². The minimum Gasteiger partial charge on any atom is -0.176 e. The first-order valence-corrected chi connectivity index (χ1v) is 8.74. The predicted octanol–water partition coefficient (Wildman–Crippen LogP) is 5.96. The van der Waals surface area contributed by atoms with Gasteiger partial charge >= 0.3 is 0 Å². The fourth-order valence-electron chi connectivity index (χ4n) is 3.74. The van der Waals surface area contributed by atoms with Gasteiger partial charge in [0.2, 0.25) is 0 Å². The fourth-order valence-corrected chi connectivity index (χ4v) is 4.15. The fraction of sp³-hybridized carbons (Fsp3) is 1.00. The Kier molecular flexibility index (Phi) is 7.75. The Balaban J connectivity index is 2.48. The van der Waals surface area contributed by atoms with Crippen LogP contribution in [0.1, 0.15) is 79.1 Å². The Morgan fingerprint density at radius 3 is 2.17 bits per heavy atom. The van der Waals surface area contributed by atoms with Crippen molar-refractivity contribution in [3.63, 3.8) is 0 Å². The lowest BCUT2D eigenvalue weighted by molar-refractivity contribution is 0.216. The highest BCUT2D eigenvalue weighted by Crippen LogP contribution is 2.36. The molecule has 3 atom stereocenters. The van der Waals surface area contributed by atoms with E-state index in [0.717, 1.165) is 23.7 Å². The Bertz CT molecular complexity index is 206. The molecule has 0 aromatic rings. The molecule has 0 aliphatic heterocycles. The minimum atomic E-state index is 0.603. The molecule has 0 spiro atoms. The summed E-state index contributed by atoms with van der Waals surface area (Å²) < 4.78 is 0. The van der Waals surface area contributed by atoms with E-state index in [4.69, 9.17) is 12.6 Å². The van der Waals surface area contributed by atoms with Crippen molar-refractivity contribution in [2.24, 2.45) is 23.7 Å². The van der Waals surface area contributed by atoms with Gasteiger partial charge in [0, 0.05) is 5.25 Å². The maximum atomic E-state index is 4.86. The first-order valence-electron chi connectivity index (χ1n) is 8.22. The monoisotopic (exact) mass is 270 g/mol. The van der Waals surface area contributed by atoms with E-state index in [2.05, 4.69) is 27.7 Å². The standard InChI is InChI=1S/C17H34S/c1-5-17(18)16(11-13(2)3)14(4)12-15-9-7-6-8-10-15/h13-18H,5-12H2,1-4H3. The average molecular weight is 271 g/mol. The average Bonchev–Trinajstić information content (AvgIpc) is 2.36. The molecule has 1 fully saturated rings. The van der Waals surface area contributed by atoms with Crippen molar-refractivity contribution in [3.05, 3.63) is 0 Å². The van der Waals surface area contributed by atoms with Crippen LogP contribution in [0, 0.1) is 23.7 Å². The molecule has 1 aliphatic carbocycles. The molecule has 0 aromatic carbocycles. The summed E-state index contributed by atoms with van der Waals surface area (Å²) in [5, 5.41) is 0.603. The molecule has 18 heavy (non-hydrogen) atoms. The third-order valence-electron chi connectivity index (χ3n) is 4.82. The zero-order valence-corrected chi connectivity index (χ0v) is 13.9. The van der Waals surface area contributed by atoms with Crippen LogP contribution in [-0.4, -0.2) is 5.25 Å². The minimum absolute atomic E-state index is 0.603. The second kappa shape index (κ2) is 8.51. The van der Waals surface area contributed by atoms with Crippen molar-refractivity contribution in [2.75, 3.05) is 0 Å². The molecule has 1 heteroatoms. The summed E-state index contributed by atoms with van der Waals surface area (Å²) in [5.41, 5.74) is 0. The van der Waals surface area contributed by atoms with E-state index in [1.54, 1.807) is 0 Å². The molecule has 108 valence electrons. The number of thiol groups is 1. The first kappa shape index (κ1) is 16.4. The van der Waals surface area contributed by atoms with E-state index in [1.807, 2.05) is 0 Å². The van der Waals surface area contributed by atoms with Gasteiger partial charge in [-0.25, -0.2) is 0 Å². The van der Waals surface area contributed by atoms with E-state index in [1.165, 1.54) is 51.4 Å². The summed E-state index contributed by atoms with van der Waals surface area (Å²) in [4.78, 5) is 0.